The van der Waals surface area contributed by atoms with Gasteiger partial charge in [0, 0.05) is 13.1 Å². The summed E-state index contributed by atoms with van der Waals surface area (Å²) in [6.07, 6.45) is 1.43. The van der Waals surface area contributed by atoms with Gasteiger partial charge in [0.25, 0.3) is 0 Å². The number of carbonyl (C=O) groups is 2. The molecule has 2 heterocycles. The largest absolute Gasteiger partial charge is 0.324 e. The minimum absolute atomic E-state index is 0.169. The molecule has 126 valence electrons. The maximum Gasteiger partial charge on any atom is 0.322 e. The first-order chi connectivity index (χ1) is 11.6. The zero-order valence-corrected chi connectivity index (χ0v) is 13.8. The van der Waals surface area contributed by atoms with Gasteiger partial charge in [-0.05, 0) is 42.5 Å². The summed E-state index contributed by atoms with van der Waals surface area (Å²) in [6, 6.07) is 9.55. The van der Waals surface area contributed by atoms with Crippen molar-refractivity contribution in [2.24, 2.45) is 5.92 Å². The number of halogens is 1. The number of hydrogen-bond acceptors (Lipinski definition) is 3. The Labute approximate surface area is 143 Å². The molecule has 0 spiro atoms. The van der Waals surface area contributed by atoms with Crippen LogP contribution < -0.4 is 10.6 Å². The van der Waals surface area contributed by atoms with E-state index in [0.717, 1.165) is 11.4 Å². The number of nitrogens with zero attached hydrogens (tertiary/aromatic N) is 1. The molecule has 0 radical (unpaired) electrons. The van der Waals surface area contributed by atoms with E-state index in [9.17, 15) is 14.0 Å². The third kappa shape index (κ3) is 3.91. The highest BCUT2D eigenvalue weighted by Crippen LogP contribution is 2.22. The number of likely N-dealkylation sites (tertiary alicyclic amines) is 1. The average Bonchev–Trinajstić information content (AvgIpc) is 3.10. The van der Waals surface area contributed by atoms with Crippen LogP contribution in [0.3, 0.4) is 0 Å². The van der Waals surface area contributed by atoms with Crippen LogP contribution in [0.25, 0.3) is 0 Å². The normalized spacial score (nSPS) is 17.4. The molecule has 1 unspecified atom stereocenters. The molecule has 1 fully saturated rings. The fourth-order valence-corrected chi connectivity index (χ4v) is 3.31. The smallest absolute Gasteiger partial charge is 0.322 e. The lowest BCUT2D eigenvalue weighted by Gasteiger charge is -2.31. The van der Waals surface area contributed by atoms with Crippen molar-refractivity contribution < 1.29 is 14.0 Å². The Balaban J connectivity index is 1.59. The van der Waals surface area contributed by atoms with Gasteiger partial charge in [-0.1, -0.05) is 12.1 Å². The van der Waals surface area contributed by atoms with Crippen molar-refractivity contribution in [1.82, 2.24) is 4.90 Å². The second-order valence-corrected chi connectivity index (χ2v) is 6.61. The van der Waals surface area contributed by atoms with Crippen LogP contribution in [-0.4, -0.2) is 29.9 Å². The lowest BCUT2D eigenvalue weighted by Crippen LogP contribution is -2.45. The Morgan fingerprint density at radius 1 is 1.17 bits per heavy atom. The SMILES string of the molecule is O=C(Nc1ccccc1F)C1CCCN(C(=O)Nc2cccs2)C1. The molecule has 1 aliphatic rings. The highest BCUT2D eigenvalue weighted by molar-refractivity contribution is 7.14. The number of hydrogen-bond donors (Lipinski definition) is 2. The fourth-order valence-electron chi connectivity index (χ4n) is 2.71. The lowest BCUT2D eigenvalue weighted by atomic mass is 9.97. The van der Waals surface area contributed by atoms with E-state index >= 15 is 0 Å². The van der Waals surface area contributed by atoms with Gasteiger partial charge in [-0.25, -0.2) is 9.18 Å². The Kier molecular flexibility index (Phi) is 5.10. The van der Waals surface area contributed by atoms with Gasteiger partial charge >= 0.3 is 6.03 Å². The predicted octanol–water partition coefficient (Wildman–Crippen LogP) is 3.77. The molecule has 0 bridgehead atoms. The molecule has 24 heavy (non-hydrogen) atoms. The average molecular weight is 347 g/mol. The number of piperidine rings is 1. The van der Waals surface area contributed by atoms with Gasteiger partial charge < -0.3 is 10.2 Å². The van der Waals surface area contributed by atoms with Crippen LogP contribution in [0.2, 0.25) is 0 Å². The molecule has 1 aromatic carbocycles. The zero-order chi connectivity index (χ0) is 16.9. The summed E-state index contributed by atoms with van der Waals surface area (Å²) in [4.78, 5) is 26.3. The minimum Gasteiger partial charge on any atom is -0.324 e. The molecular formula is C17H18FN3O2S. The highest BCUT2D eigenvalue weighted by Gasteiger charge is 2.29. The number of benzene rings is 1. The molecule has 1 aliphatic heterocycles. The number of carbonyl (C=O) groups excluding carboxylic acids is 2. The van der Waals surface area contributed by atoms with Crippen molar-refractivity contribution in [3.05, 3.63) is 47.6 Å². The van der Waals surface area contributed by atoms with E-state index in [1.54, 1.807) is 17.0 Å². The first-order valence-electron chi connectivity index (χ1n) is 7.78. The second kappa shape index (κ2) is 7.44. The summed E-state index contributed by atoms with van der Waals surface area (Å²) in [5, 5.41) is 8.10. The number of para-hydroxylation sites is 1. The molecule has 1 atom stereocenters. The zero-order valence-electron chi connectivity index (χ0n) is 13.0. The van der Waals surface area contributed by atoms with E-state index in [1.807, 2.05) is 17.5 Å². The van der Waals surface area contributed by atoms with E-state index in [0.29, 0.717) is 19.5 Å². The first-order valence-corrected chi connectivity index (χ1v) is 8.66. The van der Waals surface area contributed by atoms with Gasteiger partial charge in [0.1, 0.15) is 5.82 Å². The van der Waals surface area contributed by atoms with Crippen LogP contribution in [0.1, 0.15) is 12.8 Å². The van der Waals surface area contributed by atoms with E-state index in [2.05, 4.69) is 10.6 Å². The molecule has 1 saturated heterocycles. The minimum atomic E-state index is -0.464. The Morgan fingerprint density at radius 2 is 2.00 bits per heavy atom. The molecule has 1 aromatic heterocycles. The topological polar surface area (TPSA) is 61.4 Å². The summed E-state index contributed by atoms with van der Waals surface area (Å²) < 4.78 is 13.6. The molecule has 7 heteroatoms. The monoisotopic (exact) mass is 347 g/mol. The third-order valence-corrected chi connectivity index (χ3v) is 4.75. The van der Waals surface area contributed by atoms with E-state index in [4.69, 9.17) is 0 Å². The van der Waals surface area contributed by atoms with E-state index in [-0.39, 0.29) is 23.5 Å². The van der Waals surface area contributed by atoms with Crippen LogP contribution in [-0.2, 0) is 4.79 Å². The molecule has 0 aliphatic carbocycles. The van der Waals surface area contributed by atoms with Crippen molar-refractivity contribution in [2.45, 2.75) is 12.8 Å². The maximum absolute atomic E-state index is 13.6. The number of anilines is 2. The number of amides is 3. The van der Waals surface area contributed by atoms with Gasteiger partial charge in [0.05, 0.1) is 16.6 Å². The van der Waals surface area contributed by atoms with Crippen molar-refractivity contribution in [1.29, 1.82) is 0 Å². The number of urea groups is 1. The van der Waals surface area contributed by atoms with Gasteiger partial charge in [-0.15, -0.1) is 11.3 Å². The van der Waals surface area contributed by atoms with Crippen LogP contribution in [0, 0.1) is 11.7 Å². The van der Waals surface area contributed by atoms with Crippen LogP contribution in [0.5, 0.6) is 0 Å². The van der Waals surface area contributed by atoms with Crippen LogP contribution in [0.15, 0.2) is 41.8 Å². The van der Waals surface area contributed by atoms with Crippen LogP contribution in [0.4, 0.5) is 19.9 Å². The van der Waals surface area contributed by atoms with Crippen molar-refractivity contribution in [3.63, 3.8) is 0 Å². The molecule has 2 N–H and O–H groups in total. The van der Waals surface area contributed by atoms with E-state index in [1.165, 1.54) is 23.5 Å². The van der Waals surface area contributed by atoms with Crippen molar-refractivity contribution in [2.75, 3.05) is 23.7 Å². The Bertz CT molecular complexity index is 720. The molecule has 2 aromatic rings. The number of nitrogens with one attached hydrogen (secondary N) is 2. The van der Waals surface area contributed by atoms with Crippen molar-refractivity contribution in [3.8, 4) is 0 Å². The summed E-state index contributed by atoms with van der Waals surface area (Å²) in [5.74, 6) is -1.06. The van der Waals surface area contributed by atoms with Gasteiger partial charge in [0.2, 0.25) is 5.91 Å². The Hall–Kier alpha value is -2.41. The Morgan fingerprint density at radius 3 is 2.75 bits per heavy atom. The maximum atomic E-state index is 13.6. The molecular weight excluding hydrogens is 329 g/mol. The standard InChI is InChI=1S/C17H18FN3O2S/c18-13-6-1-2-7-14(13)19-16(22)12-5-3-9-21(11-12)17(23)20-15-8-4-10-24-15/h1-2,4,6-8,10,12H,3,5,9,11H2,(H,19,22)(H,20,23). The summed E-state index contributed by atoms with van der Waals surface area (Å²) in [6.45, 7) is 0.943. The van der Waals surface area contributed by atoms with Crippen molar-refractivity contribution >= 4 is 34.0 Å². The summed E-state index contributed by atoms with van der Waals surface area (Å²) in [5.41, 5.74) is 0.169. The third-order valence-electron chi connectivity index (χ3n) is 3.96. The van der Waals surface area contributed by atoms with Crippen LogP contribution >= 0.6 is 11.3 Å². The molecule has 3 rings (SSSR count). The fraction of sp³-hybridized carbons (Fsp3) is 0.294. The molecule has 5 nitrogen and oxygen atoms in total. The van der Waals surface area contributed by atoms with Gasteiger partial charge in [-0.3, -0.25) is 10.1 Å². The van der Waals surface area contributed by atoms with E-state index < -0.39 is 5.82 Å². The number of thiophene rings is 1. The predicted molar refractivity (Wildman–Crippen MR) is 92.7 cm³/mol. The molecule has 0 saturated carbocycles. The van der Waals surface area contributed by atoms with Gasteiger partial charge in [0.15, 0.2) is 0 Å². The molecule has 3 amide bonds. The quantitative estimate of drug-likeness (QED) is 0.888. The highest BCUT2D eigenvalue weighted by atomic mass is 32.1. The second-order valence-electron chi connectivity index (χ2n) is 5.66. The number of rotatable bonds is 3. The van der Waals surface area contributed by atoms with Gasteiger partial charge in [-0.2, -0.15) is 0 Å². The lowest BCUT2D eigenvalue weighted by molar-refractivity contribution is -0.121. The summed E-state index contributed by atoms with van der Waals surface area (Å²) in [7, 11) is 0. The summed E-state index contributed by atoms with van der Waals surface area (Å²) >= 11 is 1.45. The first kappa shape index (κ1) is 16.4.